The van der Waals surface area contributed by atoms with E-state index in [0.29, 0.717) is 18.9 Å². The number of nitrogens with one attached hydrogen (secondary N) is 2. The summed E-state index contributed by atoms with van der Waals surface area (Å²) in [6, 6.07) is 8.49. The molecule has 0 bridgehead atoms. The zero-order chi connectivity index (χ0) is 18.2. The van der Waals surface area contributed by atoms with Crippen molar-refractivity contribution in [1.82, 2.24) is 15.5 Å². The van der Waals surface area contributed by atoms with Crippen LogP contribution in [0.25, 0.3) is 0 Å². The van der Waals surface area contributed by atoms with Crippen LogP contribution in [0.4, 0.5) is 4.79 Å². The fourth-order valence-corrected chi connectivity index (χ4v) is 2.52. The number of carboxylic acid groups (broad SMARTS) is 1. The molecule has 25 heavy (non-hydrogen) atoms. The molecule has 0 saturated heterocycles. The SMILES string of the molecule is CN(Cc1ccccc1)C(=O)NCCC(=O)NC(CC1CC1)C(=O)O. The first-order chi connectivity index (χ1) is 12.0. The predicted molar refractivity (Wildman–Crippen MR) is 92.8 cm³/mol. The number of rotatable bonds is 9. The Labute approximate surface area is 147 Å². The third-order valence-electron chi connectivity index (χ3n) is 4.14. The molecule has 0 aromatic heterocycles. The van der Waals surface area contributed by atoms with E-state index in [1.54, 1.807) is 7.05 Å². The average molecular weight is 347 g/mol. The lowest BCUT2D eigenvalue weighted by atomic mass is 10.1. The van der Waals surface area contributed by atoms with E-state index in [4.69, 9.17) is 5.11 Å². The summed E-state index contributed by atoms with van der Waals surface area (Å²) in [5, 5.41) is 14.3. The number of benzene rings is 1. The van der Waals surface area contributed by atoms with Crippen LogP contribution in [0.3, 0.4) is 0 Å². The first-order valence-electron chi connectivity index (χ1n) is 8.50. The van der Waals surface area contributed by atoms with Gasteiger partial charge in [-0.1, -0.05) is 43.2 Å². The molecule has 3 amide bonds. The Morgan fingerprint density at radius 3 is 2.52 bits per heavy atom. The summed E-state index contributed by atoms with van der Waals surface area (Å²) in [6.45, 7) is 0.640. The zero-order valence-electron chi connectivity index (χ0n) is 14.4. The number of carboxylic acids is 1. The second-order valence-electron chi connectivity index (χ2n) is 6.46. The van der Waals surface area contributed by atoms with E-state index in [1.165, 1.54) is 4.90 Å². The molecular formula is C18H25N3O4. The number of amides is 3. The molecule has 1 saturated carbocycles. The molecule has 2 rings (SSSR count). The maximum atomic E-state index is 12.0. The van der Waals surface area contributed by atoms with Crippen LogP contribution >= 0.6 is 0 Å². The molecule has 1 aliphatic carbocycles. The first-order valence-corrected chi connectivity index (χ1v) is 8.50. The highest BCUT2D eigenvalue weighted by atomic mass is 16.4. The summed E-state index contributed by atoms with van der Waals surface area (Å²) < 4.78 is 0. The Hall–Kier alpha value is -2.57. The second-order valence-corrected chi connectivity index (χ2v) is 6.46. The molecule has 0 spiro atoms. The summed E-state index contributed by atoms with van der Waals surface area (Å²) in [5.74, 6) is -0.960. The molecule has 7 nitrogen and oxygen atoms in total. The van der Waals surface area contributed by atoms with Crippen LogP contribution in [0.15, 0.2) is 30.3 Å². The van der Waals surface area contributed by atoms with Crippen molar-refractivity contribution in [3.05, 3.63) is 35.9 Å². The van der Waals surface area contributed by atoms with Gasteiger partial charge in [0, 0.05) is 26.6 Å². The molecule has 0 heterocycles. The Balaban J connectivity index is 1.67. The summed E-state index contributed by atoms with van der Waals surface area (Å²) >= 11 is 0. The molecule has 1 aromatic rings. The van der Waals surface area contributed by atoms with Gasteiger partial charge in [-0.05, 0) is 17.9 Å². The fraction of sp³-hybridized carbons (Fsp3) is 0.500. The largest absolute Gasteiger partial charge is 0.480 e. The second kappa shape index (κ2) is 9.05. The van der Waals surface area contributed by atoms with Crippen LogP contribution in [-0.4, -0.2) is 47.5 Å². The molecule has 1 unspecified atom stereocenters. The lowest BCUT2D eigenvalue weighted by Crippen LogP contribution is -2.43. The number of carbonyl (C=O) groups excluding carboxylic acids is 2. The lowest BCUT2D eigenvalue weighted by molar-refractivity contribution is -0.142. The van der Waals surface area contributed by atoms with E-state index in [0.717, 1.165) is 18.4 Å². The highest BCUT2D eigenvalue weighted by Crippen LogP contribution is 2.33. The lowest BCUT2D eigenvalue weighted by Gasteiger charge is -2.18. The molecule has 136 valence electrons. The van der Waals surface area contributed by atoms with Crippen molar-refractivity contribution in [2.45, 2.75) is 38.3 Å². The van der Waals surface area contributed by atoms with E-state index in [1.807, 2.05) is 30.3 Å². The molecule has 7 heteroatoms. The Kier molecular flexibility index (Phi) is 6.80. The minimum absolute atomic E-state index is 0.0549. The molecule has 3 N–H and O–H groups in total. The molecular weight excluding hydrogens is 322 g/mol. The van der Waals surface area contributed by atoms with Crippen LogP contribution in [0.1, 0.15) is 31.2 Å². The van der Waals surface area contributed by atoms with Gasteiger partial charge in [-0.3, -0.25) is 4.79 Å². The van der Waals surface area contributed by atoms with Crippen LogP contribution < -0.4 is 10.6 Å². The Morgan fingerprint density at radius 2 is 1.92 bits per heavy atom. The van der Waals surface area contributed by atoms with Gasteiger partial charge in [0.1, 0.15) is 6.04 Å². The molecule has 1 aromatic carbocycles. The molecule has 1 fully saturated rings. The summed E-state index contributed by atoms with van der Waals surface area (Å²) in [4.78, 5) is 36.5. The van der Waals surface area contributed by atoms with Gasteiger partial charge in [-0.15, -0.1) is 0 Å². The van der Waals surface area contributed by atoms with Crippen LogP contribution in [-0.2, 0) is 16.1 Å². The predicted octanol–water partition coefficient (Wildman–Crippen LogP) is 1.59. The summed E-state index contributed by atoms with van der Waals surface area (Å²) in [6.07, 6.45) is 2.60. The maximum absolute atomic E-state index is 12.0. The molecule has 0 radical (unpaired) electrons. The molecule has 0 aliphatic heterocycles. The van der Waals surface area contributed by atoms with Gasteiger partial charge in [0.15, 0.2) is 0 Å². The smallest absolute Gasteiger partial charge is 0.326 e. The van der Waals surface area contributed by atoms with Crippen LogP contribution in [0.5, 0.6) is 0 Å². The quantitative estimate of drug-likeness (QED) is 0.632. The number of hydrogen-bond acceptors (Lipinski definition) is 3. The molecule has 1 aliphatic rings. The minimum Gasteiger partial charge on any atom is -0.480 e. The van der Waals surface area contributed by atoms with Crippen molar-refractivity contribution in [1.29, 1.82) is 0 Å². The fourth-order valence-electron chi connectivity index (χ4n) is 2.52. The van der Waals surface area contributed by atoms with Crippen molar-refractivity contribution >= 4 is 17.9 Å². The highest BCUT2D eigenvalue weighted by Gasteiger charge is 2.30. The Morgan fingerprint density at radius 1 is 1.24 bits per heavy atom. The Bertz CT molecular complexity index is 602. The normalized spacial score (nSPS) is 14.4. The van der Waals surface area contributed by atoms with E-state index >= 15 is 0 Å². The topological polar surface area (TPSA) is 98.7 Å². The van der Waals surface area contributed by atoms with Gasteiger partial charge in [0.05, 0.1) is 0 Å². The van der Waals surface area contributed by atoms with Gasteiger partial charge in [0.25, 0.3) is 0 Å². The minimum atomic E-state index is -1.01. The van der Waals surface area contributed by atoms with Crippen LogP contribution in [0.2, 0.25) is 0 Å². The van der Waals surface area contributed by atoms with E-state index < -0.39 is 12.0 Å². The molecule has 1 atom stereocenters. The zero-order valence-corrected chi connectivity index (χ0v) is 14.4. The highest BCUT2D eigenvalue weighted by molar-refractivity contribution is 5.84. The first kappa shape index (κ1) is 18.8. The van der Waals surface area contributed by atoms with Gasteiger partial charge < -0.3 is 20.6 Å². The average Bonchev–Trinajstić information content (AvgIpc) is 3.39. The number of aliphatic carboxylic acids is 1. The van der Waals surface area contributed by atoms with Crippen molar-refractivity contribution in [2.24, 2.45) is 5.92 Å². The van der Waals surface area contributed by atoms with E-state index in [2.05, 4.69) is 10.6 Å². The monoisotopic (exact) mass is 347 g/mol. The van der Waals surface area contributed by atoms with Crippen LogP contribution in [0, 0.1) is 5.92 Å². The third kappa shape index (κ3) is 6.82. The van der Waals surface area contributed by atoms with Gasteiger partial charge in [-0.2, -0.15) is 0 Å². The van der Waals surface area contributed by atoms with Gasteiger partial charge in [-0.25, -0.2) is 9.59 Å². The number of carbonyl (C=O) groups is 3. The number of nitrogens with zero attached hydrogens (tertiary/aromatic N) is 1. The van der Waals surface area contributed by atoms with Crippen molar-refractivity contribution in [3.8, 4) is 0 Å². The number of hydrogen-bond donors (Lipinski definition) is 3. The van der Waals surface area contributed by atoms with Crippen molar-refractivity contribution < 1.29 is 19.5 Å². The standard InChI is InChI=1S/C18H25N3O4/c1-21(12-14-5-3-2-4-6-14)18(25)19-10-9-16(22)20-15(17(23)24)11-13-7-8-13/h2-6,13,15H,7-12H2,1H3,(H,19,25)(H,20,22)(H,23,24). The van der Waals surface area contributed by atoms with Crippen molar-refractivity contribution in [3.63, 3.8) is 0 Å². The number of urea groups is 1. The van der Waals surface area contributed by atoms with Gasteiger partial charge in [0.2, 0.25) is 5.91 Å². The van der Waals surface area contributed by atoms with Crippen molar-refractivity contribution in [2.75, 3.05) is 13.6 Å². The van der Waals surface area contributed by atoms with E-state index in [-0.39, 0.29) is 24.9 Å². The third-order valence-corrected chi connectivity index (χ3v) is 4.14. The maximum Gasteiger partial charge on any atom is 0.326 e. The van der Waals surface area contributed by atoms with E-state index in [9.17, 15) is 14.4 Å². The summed E-state index contributed by atoms with van der Waals surface area (Å²) in [5.41, 5.74) is 1.02. The summed E-state index contributed by atoms with van der Waals surface area (Å²) in [7, 11) is 1.68. The van der Waals surface area contributed by atoms with Gasteiger partial charge >= 0.3 is 12.0 Å².